The van der Waals surface area contributed by atoms with Crippen LogP contribution in [-0.4, -0.2) is 24.7 Å². The standard InChI is InChI=1S/C14H24N2OS/c1-3-6-12-13(10-15-2)18-14(16-12)9-11-7-4-5-8-17-11/h11,15H,3-10H2,1-2H3. The maximum Gasteiger partial charge on any atom is 0.0957 e. The fourth-order valence-electron chi connectivity index (χ4n) is 2.42. The number of hydrogen-bond acceptors (Lipinski definition) is 4. The zero-order chi connectivity index (χ0) is 12.8. The third-order valence-corrected chi connectivity index (χ3v) is 4.44. The fraction of sp³-hybridized carbons (Fsp3) is 0.786. The minimum absolute atomic E-state index is 0.404. The first-order chi connectivity index (χ1) is 8.83. The van der Waals surface area contributed by atoms with Gasteiger partial charge in [-0.3, -0.25) is 0 Å². The molecule has 102 valence electrons. The van der Waals surface area contributed by atoms with Gasteiger partial charge in [0.2, 0.25) is 0 Å². The van der Waals surface area contributed by atoms with Gasteiger partial charge in [0.05, 0.1) is 16.8 Å². The molecular formula is C14H24N2OS. The number of hydrogen-bond donors (Lipinski definition) is 1. The fourth-order valence-corrected chi connectivity index (χ4v) is 3.61. The van der Waals surface area contributed by atoms with E-state index in [-0.39, 0.29) is 0 Å². The minimum atomic E-state index is 0.404. The molecular weight excluding hydrogens is 244 g/mol. The van der Waals surface area contributed by atoms with Crippen molar-refractivity contribution >= 4 is 11.3 Å². The van der Waals surface area contributed by atoms with Crippen molar-refractivity contribution < 1.29 is 4.74 Å². The number of thiazole rings is 1. The Morgan fingerprint density at radius 2 is 2.33 bits per heavy atom. The second-order valence-electron chi connectivity index (χ2n) is 4.95. The van der Waals surface area contributed by atoms with Crippen molar-refractivity contribution in [3.8, 4) is 0 Å². The first-order valence-corrected chi connectivity index (χ1v) is 7.88. The highest BCUT2D eigenvalue weighted by Crippen LogP contribution is 2.24. The van der Waals surface area contributed by atoms with Crippen molar-refractivity contribution in [3.63, 3.8) is 0 Å². The highest BCUT2D eigenvalue weighted by atomic mass is 32.1. The molecule has 1 atom stereocenters. The van der Waals surface area contributed by atoms with E-state index in [0.29, 0.717) is 6.10 Å². The second-order valence-corrected chi connectivity index (χ2v) is 6.12. The molecule has 1 aliphatic heterocycles. The predicted molar refractivity (Wildman–Crippen MR) is 76.2 cm³/mol. The van der Waals surface area contributed by atoms with Gasteiger partial charge < -0.3 is 10.1 Å². The number of nitrogens with zero attached hydrogens (tertiary/aromatic N) is 1. The molecule has 1 fully saturated rings. The predicted octanol–water partition coefficient (Wildman–Crippen LogP) is 2.93. The van der Waals surface area contributed by atoms with Gasteiger partial charge in [0, 0.05) is 24.4 Å². The van der Waals surface area contributed by atoms with Gasteiger partial charge in [0.1, 0.15) is 0 Å². The van der Waals surface area contributed by atoms with Gasteiger partial charge in [-0.25, -0.2) is 4.98 Å². The second kappa shape index (κ2) is 7.22. The number of ether oxygens (including phenoxy) is 1. The molecule has 1 saturated heterocycles. The SMILES string of the molecule is CCCc1nc(CC2CCCCO2)sc1CNC. The first-order valence-electron chi connectivity index (χ1n) is 7.07. The molecule has 2 heterocycles. The lowest BCUT2D eigenvalue weighted by atomic mass is 10.1. The van der Waals surface area contributed by atoms with Gasteiger partial charge in [0.15, 0.2) is 0 Å². The van der Waals surface area contributed by atoms with Crippen LogP contribution in [0, 0.1) is 0 Å². The summed E-state index contributed by atoms with van der Waals surface area (Å²) >= 11 is 1.86. The molecule has 1 unspecified atom stereocenters. The Morgan fingerprint density at radius 3 is 3.00 bits per heavy atom. The molecule has 1 aliphatic rings. The van der Waals surface area contributed by atoms with Crippen LogP contribution >= 0.6 is 11.3 Å². The molecule has 3 nitrogen and oxygen atoms in total. The molecule has 0 amide bonds. The van der Waals surface area contributed by atoms with Crippen LogP contribution in [-0.2, 0) is 24.1 Å². The minimum Gasteiger partial charge on any atom is -0.378 e. The zero-order valence-corrected chi connectivity index (χ0v) is 12.3. The Hall–Kier alpha value is -0.450. The molecule has 0 radical (unpaired) electrons. The smallest absolute Gasteiger partial charge is 0.0957 e. The summed E-state index contributed by atoms with van der Waals surface area (Å²) in [5, 5.41) is 4.50. The summed E-state index contributed by atoms with van der Waals surface area (Å²) in [5.74, 6) is 0. The van der Waals surface area contributed by atoms with E-state index in [1.807, 2.05) is 18.4 Å². The monoisotopic (exact) mass is 268 g/mol. The van der Waals surface area contributed by atoms with E-state index in [1.165, 1.54) is 41.3 Å². The van der Waals surface area contributed by atoms with Crippen molar-refractivity contribution in [1.29, 1.82) is 0 Å². The van der Waals surface area contributed by atoms with E-state index in [0.717, 1.165) is 26.0 Å². The molecule has 1 aromatic rings. The highest BCUT2D eigenvalue weighted by molar-refractivity contribution is 7.11. The van der Waals surface area contributed by atoms with Crippen LogP contribution in [0.1, 0.15) is 48.2 Å². The van der Waals surface area contributed by atoms with Crippen molar-refractivity contribution in [2.45, 2.75) is 58.1 Å². The summed E-state index contributed by atoms with van der Waals surface area (Å²) in [4.78, 5) is 6.22. The summed E-state index contributed by atoms with van der Waals surface area (Å²) in [6.45, 7) is 4.09. The Bertz CT molecular complexity index is 335. The van der Waals surface area contributed by atoms with Crippen LogP contribution in [0.2, 0.25) is 0 Å². The molecule has 0 bridgehead atoms. The lowest BCUT2D eigenvalue weighted by molar-refractivity contribution is 0.0167. The summed E-state index contributed by atoms with van der Waals surface area (Å²) in [5.41, 5.74) is 1.29. The van der Waals surface area contributed by atoms with Crippen LogP contribution in [0.5, 0.6) is 0 Å². The Morgan fingerprint density at radius 1 is 1.44 bits per heavy atom. The van der Waals surface area contributed by atoms with E-state index in [9.17, 15) is 0 Å². The normalized spacial score (nSPS) is 20.2. The van der Waals surface area contributed by atoms with Crippen LogP contribution in [0.4, 0.5) is 0 Å². The van der Waals surface area contributed by atoms with Gasteiger partial charge in [0.25, 0.3) is 0 Å². The molecule has 0 aromatic carbocycles. The number of rotatable bonds is 6. The summed E-state index contributed by atoms with van der Waals surface area (Å²) in [6.07, 6.45) is 7.40. The highest BCUT2D eigenvalue weighted by Gasteiger charge is 2.18. The van der Waals surface area contributed by atoms with Gasteiger partial charge in [-0.2, -0.15) is 0 Å². The molecule has 1 N–H and O–H groups in total. The average molecular weight is 268 g/mol. The molecule has 0 aliphatic carbocycles. The van der Waals surface area contributed by atoms with E-state index < -0.39 is 0 Å². The summed E-state index contributed by atoms with van der Waals surface area (Å²) < 4.78 is 5.80. The van der Waals surface area contributed by atoms with E-state index in [4.69, 9.17) is 9.72 Å². The molecule has 1 aromatic heterocycles. The molecule has 0 spiro atoms. The van der Waals surface area contributed by atoms with Crippen molar-refractivity contribution in [2.75, 3.05) is 13.7 Å². The van der Waals surface area contributed by atoms with Crippen molar-refractivity contribution in [1.82, 2.24) is 10.3 Å². The number of aryl methyl sites for hydroxylation is 1. The van der Waals surface area contributed by atoms with Gasteiger partial charge in [-0.15, -0.1) is 11.3 Å². The summed E-state index contributed by atoms with van der Waals surface area (Å²) in [6, 6.07) is 0. The Balaban J connectivity index is 2.00. The molecule has 2 rings (SSSR count). The molecule has 0 saturated carbocycles. The van der Waals surface area contributed by atoms with Crippen molar-refractivity contribution in [3.05, 3.63) is 15.6 Å². The number of aromatic nitrogens is 1. The first kappa shape index (κ1) is 14.0. The third kappa shape index (κ3) is 3.77. The Labute approximate surface area is 114 Å². The third-order valence-electron chi connectivity index (χ3n) is 3.32. The van der Waals surface area contributed by atoms with Crippen LogP contribution in [0.25, 0.3) is 0 Å². The lowest BCUT2D eigenvalue weighted by Crippen LogP contribution is -2.21. The van der Waals surface area contributed by atoms with E-state index in [1.54, 1.807) is 0 Å². The topological polar surface area (TPSA) is 34.1 Å². The summed E-state index contributed by atoms with van der Waals surface area (Å²) in [7, 11) is 2.00. The largest absolute Gasteiger partial charge is 0.378 e. The van der Waals surface area contributed by atoms with E-state index in [2.05, 4.69) is 12.2 Å². The molecule has 18 heavy (non-hydrogen) atoms. The van der Waals surface area contributed by atoms with E-state index >= 15 is 0 Å². The van der Waals surface area contributed by atoms with Crippen molar-refractivity contribution in [2.24, 2.45) is 0 Å². The maximum absolute atomic E-state index is 5.80. The maximum atomic E-state index is 5.80. The van der Waals surface area contributed by atoms with Crippen LogP contribution in [0.15, 0.2) is 0 Å². The number of nitrogens with one attached hydrogen (secondary N) is 1. The molecule has 4 heteroatoms. The lowest BCUT2D eigenvalue weighted by Gasteiger charge is -2.21. The van der Waals surface area contributed by atoms with Crippen LogP contribution < -0.4 is 5.32 Å². The quantitative estimate of drug-likeness (QED) is 0.861. The van der Waals surface area contributed by atoms with Gasteiger partial charge >= 0.3 is 0 Å². The van der Waals surface area contributed by atoms with Gasteiger partial charge in [-0.1, -0.05) is 13.3 Å². The average Bonchev–Trinajstić information content (AvgIpc) is 2.74. The zero-order valence-electron chi connectivity index (χ0n) is 11.5. The Kier molecular flexibility index (Phi) is 5.60. The van der Waals surface area contributed by atoms with Crippen LogP contribution in [0.3, 0.4) is 0 Å². The van der Waals surface area contributed by atoms with Gasteiger partial charge in [-0.05, 0) is 32.7 Å².